The molecule has 2 aliphatic heterocycles. The lowest BCUT2D eigenvalue weighted by Gasteiger charge is -2.38. The van der Waals surface area contributed by atoms with Gasteiger partial charge in [-0.3, -0.25) is 4.90 Å². The molecule has 1 aromatic rings. The van der Waals surface area contributed by atoms with E-state index in [0.29, 0.717) is 18.0 Å². The smallest absolute Gasteiger partial charge is 0.0594 e. The second-order valence-electron chi connectivity index (χ2n) is 7.88. The monoisotopic (exact) mass is 344 g/mol. The molecule has 4 nitrogen and oxygen atoms in total. The van der Waals surface area contributed by atoms with Gasteiger partial charge in [-0.15, -0.1) is 0 Å². The normalized spacial score (nSPS) is 27.3. The third-order valence-corrected chi connectivity index (χ3v) is 6.10. The molecule has 3 atom stereocenters. The van der Waals surface area contributed by atoms with E-state index in [1.165, 1.54) is 24.8 Å². The zero-order chi connectivity index (χ0) is 16.9. The average molecular weight is 344 g/mol. The van der Waals surface area contributed by atoms with E-state index in [-0.39, 0.29) is 0 Å². The molecule has 4 rings (SSSR count). The van der Waals surface area contributed by atoms with E-state index < -0.39 is 0 Å². The van der Waals surface area contributed by atoms with E-state index >= 15 is 0 Å². The zero-order valence-corrected chi connectivity index (χ0v) is 15.2. The van der Waals surface area contributed by atoms with Crippen LogP contribution in [0.25, 0.3) is 0 Å². The lowest BCUT2D eigenvalue weighted by atomic mass is 9.95. The van der Waals surface area contributed by atoms with Gasteiger partial charge in [0.15, 0.2) is 0 Å². The van der Waals surface area contributed by atoms with Gasteiger partial charge in [0.1, 0.15) is 0 Å². The molecule has 0 spiro atoms. The second kappa shape index (κ2) is 8.63. The Morgan fingerprint density at radius 3 is 2.44 bits per heavy atom. The molecule has 25 heavy (non-hydrogen) atoms. The van der Waals surface area contributed by atoms with E-state index in [4.69, 9.17) is 9.47 Å². The largest absolute Gasteiger partial charge is 0.381 e. The molecule has 1 aromatic carbocycles. The summed E-state index contributed by atoms with van der Waals surface area (Å²) < 4.78 is 11.3. The molecule has 1 aliphatic carbocycles. The van der Waals surface area contributed by atoms with Gasteiger partial charge in [-0.05, 0) is 37.2 Å². The van der Waals surface area contributed by atoms with Crippen LogP contribution in [0.3, 0.4) is 0 Å². The molecule has 0 unspecified atom stereocenters. The van der Waals surface area contributed by atoms with Crippen molar-refractivity contribution in [1.82, 2.24) is 10.2 Å². The molecule has 2 saturated heterocycles. The highest BCUT2D eigenvalue weighted by atomic mass is 16.5. The average Bonchev–Trinajstić information content (AvgIpc) is 3.38. The van der Waals surface area contributed by atoms with Crippen LogP contribution in [0, 0.1) is 11.8 Å². The maximum atomic E-state index is 5.71. The maximum absolute atomic E-state index is 5.71. The van der Waals surface area contributed by atoms with E-state index in [0.717, 1.165) is 58.4 Å². The number of nitrogens with one attached hydrogen (secondary N) is 1. The first kappa shape index (κ1) is 17.5. The topological polar surface area (TPSA) is 33.7 Å². The predicted octanol–water partition coefficient (Wildman–Crippen LogP) is 2.33. The quantitative estimate of drug-likeness (QED) is 0.785. The second-order valence-corrected chi connectivity index (χ2v) is 7.88. The number of hydrogen-bond donors (Lipinski definition) is 1. The van der Waals surface area contributed by atoms with Crippen molar-refractivity contribution in [3.05, 3.63) is 35.9 Å². The molecule has 138 valence electrons. The van der Waals surface area contributed by atoms with Crippen LogP contribution in [0.15, 0.2) is 30.3 Å². The molecular weight excluding hydrogens is 312 g/mol. The summed E-state index contributed by atoms with van der Waals surface area (Å²) in [5, 5.41) is 3.97. The molecule has 0 amide bonds. The molecule has 0 bridgehead atoms. The minimum atomic E-state index is 0.587. The fourth-order valence-corrected chi connectivity index (χ4v) is 4.40. The highest BCUT2D eigenvalue weighted by molar-refractivity contribution is 5.16. The fourth-order valence-electron chi connectivity index (χ4n) is 4.40. The van der Waals surface area contributed by atoms with Gasteiger partial charge in [0, 0.05) is 44.2 Å². The van der Waals surface area contributed by atoms with Crippen LogP contribution in [-0.2, 0) is 15.9 Å². The Bertz CT molecular complexity index is 508. The molecule has 0 aromatic heterocycles. The fraction of sp³-hybridized carbons (Fsp3) is 0.714. The number of morpholine rings is 1. The zero-order valence-electron chi connectivity index (χ0n) is 15.2. The number of rotatable bonds is 8. The Kier molecular flexibility index (Phi) is 6.03. The summed E-state index contributed by atoms with van der Waals surface area (Å²) in [5.41, 5.74) is 1.46. The molecule has 0 radical (unpaired) electrons. The molecule has 3 aliphatic rings. The van der Waals surface area contributed by atoms with Gasteiger partial charge < -0.3 is 14.8 Å². The van der Waals surface area contributed by atoms with Crippen molar-refractivity contribution in [2.75, 3.05) is 46.1 Å². The number of ether oxygens (including phenoxy) is 2. The Morgan fingerprint density at radius 2 is 1.76 bits per heavy atom. The van der Waals surface area contributed by atoms with Gasteiger partial charge in [0.2, 0.25) is 0 Å². The van der Waals surface area contributed by atoms with Gasteiger partial charge in [-0.25, -0.2) is 0 Å². The van der Waals surface area contributed by atoms with Crippen molar-refractivity contribution < 1.29 is 9.47 Å². The van der Waals surface area contributed by atoms with Crippen molar-refractivity contribution in [1.29, 1.82) is 0 Å². The SMILES string of the molecule is c1ccc(C[C@H](NC[C@@H]([C@H]2CCOC2)N2CCOCC2)C2CC2)cc1. The van der Waals surface area contributed by atoms with E-state index in [9.17, 15) is 0 Å². The molecule has 1 saturated carbocycles. The van der Waals surface area contributed by atoms with Gasteiger partial charge >= 0.3 is 0 Å². The van der Waals surface area contributed by atoms with E-state index in [2.05, 4.69) is 40.5 Å². The Labute approximate surface area is 151 Å². The van der Waals surface area contributed by atoms with Crippen molar-refractivity contribution in [2.24, 2.45) is 11.8 Å². The summed E-state index contributed by atoms with van der Waals surface area (Å²) >= 11 is 0. The van der Waals surface area contributed by atoms with Crippen molar-refractivity contribution in [3.63, 3.8) is 0 Å². The van der Waals surface area contributed by atoms with Crippen LogP contribution in [0.2, 0.25) is 0 Å². The third kappa shape index (κ3) is 4.82. The van der Waals surface area contributed by atoms with Crippen LogP contribution in [0.5, 0.6) is 0 Å². The number of hydrogen-bond acceptors (Lipinski definition) is 4. The highest BCUT2D eigenvalue weighted by Crippen LogP contribution is 2.34. The van der Waals surface area contributed by atoms with Crippen LogP contribution < -0.4 is 5.32 Å². The summed E-state index contributed by atoms with van der Waals surface area (Å²) in [5.74, 6) is 1.53. The first-order valence-electron chi connectivity index (χ1n) is 10.1. The molecule has 3 fully saturated rings. The maximum Gasteiger partial charge on any atom is 0.0594 e. The Morgan fingerprint density at radius 1 is 0.960 bits per heavy atom. The summed E-state index contributed by atoms with van der Waals surface area (Å²) in [4.78, 5) is 2.64. The number of benzene rings is 1. The minimum Gasteiger partial charge on any atom is -0.381 e. The lowest BCUT2D eigenvalue weighted by Crippen LogP contribution is -2.53. The molecule has 4 heteroatoms. The van der Waals surface area contributed by atoms with Crippen molar-refractivity contribution >= 4 is 0 Å². The molecule has 2 heterocycles. The Hall–Kier alpha value is -0.940. The van der Waals surface area contributed by atoms with Crippen LogP contribution in [0.1, 0.15) is 24.8 Å². The molecular formula is C21H32N2O2. The van der Waals surface area contributed by atoms with Gasteiger partial charge in [-0.2, -0.15) is 0 Å². The van der Waals surface area contributed by atoms with E-state index in [1.54, 1.807) is 0 Å². The first-order chi connectivity index (χ1) is 12.4. The summed E-state index contributed by atoms with van der Waals surface area (Å²) in [6.07, 6.45) is 5.14. The van der Waals surface area contributed by atoms with Crippen molar-refractivity contribution in [3.8, 4) is 0 Å². The predicted molar refractivity (Wildman–Crippen MR) is 99.8 cm³/mol. The Balaban J connectivity index is 1.37. The van der Waals surface area contributed by atoms with Crippen molar-refractivity contribution in [2.45, 2.75) is 37.8 Å². The first-order valence-corrected chi connectivity index (χ1v) is 10.1. The van der Waals surface area contributed by atoms with E-state index in [1.807, 2.05) is 0 Å². The highest BCUT2D eigenvalue weighted by Gasteiger charge is 2.35. The standard InChI is InChI=1S/C21H32N2O2/c1-2-4-17(5-3-1)14-20(18-6-7-18)22-15-21(19-8-11-25-16-19)23-9-12-24-13-10-23/h1-5,18-22H,6-16H2/t19-,20-,21-/m0/s1. The third-order valence-electron chi connectivity index (χ3n) is 6.10. The lowest BCUT2D eigenvalue weighted by molar-refractivity contribution is 0.000652. The van der Waals surface area contributed by atoms with Gasteiger partial charge in [0.25, 0.3) is 0 Å². The minimum absolute atomic E-state index is 0.587. The van der Waals surface area contributed by atoms with Crippen LogP contribution in [-0.4, -0.2) is 63.0 Å². The number of nitrogens with zero attached hydrogens (tertiary/aromatic N) is 1. The summed E-state index contributed by atoms with van der Waals surface area (Å²) in [6.45, 7) is 6.83. The van der Waals surface area contributed by atoms with Crippen LogP contribution in [0.4, 0.5) is 0 Å². The van der Waals surface area contributed by atoms with Gasteiger partial charge in [0.05, 0.1) is 19.8 Å². The molecule has 1 N–H and O–H groups in total. The summed E-state index contributed by atoms with van der Waals surface area (Å²) in [7, 11) is 0. The van der Waals surface area contributed by atoms with Crippen LogP contribution >= 0.6 is 0 Å². The summed E-state index contributed by atoms with van der Waals surface area (Å²) in [6, 6.07) is 12.2. The van der Waals surface area contributed by atoms with Gasteiger partial charge in [-0.1, -0.05) is 30.3 Å².